The molecule has 0 fully saturated rings. The lowest BCUT2D eigenvalue weighted by Gasteiger charge is -2.12. The van der Waals surface area contributed by atoms with Crippen molar-refractivity contribution < 1.29 is 14.6 Å². The first-order chi connectivity index (χ1) is 7.41. The first-order valence-electron chi connectivity index (χ1n) is 5.26. The van der Waals surface area contributed by atoms with Crippen molar-refractivity contribution in [2.24, 2.45) is 5.92 Å². The molecule has 0 aromatic carbocycles. The average molecular weight is 223 g/mol. The Labute approximate surface area is 95.3 Å². The van der Waals surface area contributed by atoms with Gasteiger partial charge in [0.1, 0.15) is 5.56 Å². The van der Waals surface area contributed by atoms with Crippen LogP contribution >= 0.6 is 0 Å². The van der Waals surface area contributed by atoms with Gasteiger partial charge in [0, 0.05) is 5.69 Å². The van der Waals surface area contributed by atoms with Gasteiger partial charge in [-0.1, -0.05) is 13.8 Å². The molecule has 0 amide bonds. The number of hydrogen-bond acceptors (Lipinski definition) is 3. The second-order valence-electron chi connectivity index (χ2n) is 4.27. The van der Waals surface area contributed by atoms with E-state index in [2.05, 4.69) is 4.98 Å². The third-order valence-electron chi connectivity index (χ3n) is 2.08. The second-order valence-corrected chi connectivity index (χ2v) is 4.27. The lowest BCUT2D eigenvalue weighted by Crippen LogP contribution is -2.12. The van der Waals surface area contributed by atoms with Crippen molar-refractivity contribution in [3.8, 4) is 5.88 Å². The van der Waals surface area contributed by atoms with Gasteiger partial charge in [0.05, 0.1) is 6.61 Å². The Morgan fingerprint density at radius 2 is 2.12 bits per heavy atom. The Balaban J connectivity index is 3.09. The van der Waals surface area contributed by atoms with Gasteiger partial charge in [-0.25, -0.2) is 9.78 Å². The number of aromatic nitrogens is 1. The molecule has 0 spiro atoms. The molecule has 0 bridgehead atoms. The van der Waals surface area contributed by atoms with Crippen molar-refractivity contribution in [1.29, 1.82) is 0 Å². The number of hydrogen-bond donors (Lipinski definition) is 1. The summed E-state index contributed by atoms with van der Waals surface area (Å²) in [4.78, 5) is 15.2. The van der Waals surface area contributed by atoms with Gasteiger partial charge in [0.25, 0.3) is 0 Å². The Hall–Kier alpha value is -1.58. The normalized spacial score (nSPS) is 10.6. The van der Waals surface area contributed by atoms with Crippen LogP contribution in [0.4, 0.5) is 0 Å². The highest BCUT2D eigenvalue weighted by molar-refractivity contribution is 5.91. The van der Waals surface area contributed by atoms with E-state index in [1.807, 2.05) is 20.8 Å². The number of carboxylic acid groups (broad SMARTS) is 1. The average Bonchev–Trinajstić information content (AvgIpc) is 2.12. The van der Waals surface area contributed by atoms with Crippen molar-refractivity contribution >= 4 is 5.97 Å². The molecule has 88 valence electrons. The summed E-state index contributed by atoms with van der Waals surface area (Å²) in [6.07, 6.45) is 0. The molecule has 1 aromatic rings. The van der Waals surface area contributed by atoms with E-state index in [-0.39, 0.29) is 11.4 Å². The maximum atomic E-state index is 11.1. The number of nitrogens with zero attached hydrogens (tertiary/aromatic N) is 1. The summed E-state index contributed by atoms with van der Waals surface area (Å²) in [6, 6.07) is 1.74. The SMILES string of the molecule is Cc1cc(C)c(C(=O)O)c(OCC(C)C)n1. The Bertz CT molecular complexity index is 399. The number of aromatic carboxylic acids is 1. The van der Waals surface area contributed by atoms with Gasteiger partial charge < -0.3 is 9.84 Å². The minimum atomic E-state index is -0.997. The van der Waals surface area contributed by atoms with Crippen molar-refractivity contribution in [3.63, 3.8) is 0 Å². The summed E-state index contributed by atoms with van der Waals surface area (Å²) in [7, 11) is 0. The minimum absolute atomic E-state index is 0.159. The first-order valence-corrected chi connectivity index (χ1v) is 5.26. The zero-order chi connectivity index (χ0) is 12.3. The third-order valence-corrected chi connectivity index (χ3v) is 2.08. The third kappa shape index (κ3) is 2.95. The van der Waals surface area contributed by atoms with Crippen molar-refractivity contribution in [2.75, 3.05) is 6.61 Å². The van der Waals surface area contributed by atoms with E-state index in [4.69, 9.17) is 9.84 Å². The van der Waals surface area contributed by atoms with Gasteiger partial charge in [0.15, 0.2) is 0 Å². The maximum Gasteiger partial charge on any atom is 0.341 e. The second kappa shape index (κ2) is 4.96. The zero-order valence-electron chi connectivity index (χ0n) is 10.1. The van der Waals surface area contributed by atoms with Gasteiger partial charge in [0.2, 0.25) is 5.88 Å². The molecule has 0 aliphatic rings. The Morgan fingerprint density at radius 3 is 2.62 bits per heavy atom. The Kier molecular flexibility index (Phi) is 3.88. The summed E-state index contributed by atoms with van der Waals surface area (Å²) >= 11 is 0. The van der Waals surface area contributed by atoms with E-state index in [0.717, 1.165) is 5.69 Å². The molecule has 0 atom stereocenters. The molecular formula is C12H17NO3. The molecule has 0 saturated carbocycles. The first kappa shape index (κ1) is 12.5. The van der Waals surface area contributed by atoms with Crippen LogP contribution in [0.15, 0.2) is 6.07 Å². The quantitative estimate of drug-likeness (QED) is 0.851. The standard InChI is InChI=1S/C12H17NO3/c1-7(2)6-16-11-10(12(14)15)8(3)5-9(4)13-11/h5,7H,6H2,1-4H3,(H,14,15). The number of pyridine rings is 1. The number of carbonyl (C=O) groups is 1. The highest BCUT2D eigenvalue weighted by Gasteiger charge is 2.17. The lowest BCUT2D eigenvalue weighted by atomic mass is 10.1. The summed E-state index contributed by atoms with van der Waals surface area (Å²) in [6.45, 7) is 8.05. The lowest BCUT2D eigenvalue weighted by molar-refractivity contribution is 0.0689. The van der Waals surface area contributed by atoms with Crippen LogP contribution in [0.1, 0.15) is 35.5 Å². The smallest absolute Gasteiger partial charge is 0.341 e. The van der Waals surface area contributed by atoms with Gasteiger partial charge in [-0.2, -0.15) is 0 Å². The molecule has 1 heterocycles. The summed E-state index contributed by atoms with van der Waals surface area (Å²) in [5.41, 5.74) is 1.60. The Morgan fingerprint density at radius 1 is 1.50 bits per heavy atom. The van der Waals surface area contributed by atoms with Crippen LogP contribution in [0.2, 0.25) is 0 Å². The van der Waals surface area contributed by atoms with Crippen LogP contribution in [0.3, 0.4) is 0 Å². The largest absolute Gasteiger partial charge is 0.477 e. The molecule has 0 aliphatic heterocycles. The number of rotatable bonds is 4. The predicted octanol–water partition coefficient (Wildman–Crippen LogP) is 2.43. The fourth-order valence-electron chi connectivity index (χ4n) is 1.41. The molecule has 1 aromatic heterocycles. The van der Waals surface area contributed by atoms with Crippen LogP contribution in [0.5, 0.6) is 5.88 Å². The van der Waals surface area contributed by atoms with Gasteiger partial charge in [-0.3, -0.25) is 0 Å². The van der Waals surface area contributed by atoms with Crippen LogP contribution in [0, 0.1) is 19.8 Å². The van der Waals surface area contributed by atoms with E-state index >= 15 is 0 Å². The summed E-state index contributed by atoms with van der Waals surface area (Å²) < 4.78 is 5.43. The highest BCUT2D eigenvalue weighted by Crippen LogP contribution is 2.21. The molecule has 0 unspecified atom stereocenters. The van der Waals surface area contributed by atoms with Gasteiger partial charge in [-0.15, -0.1) is 0 Å². The van der Waals surface area contributed by atoms with E-state index < -0.39 is 5.97 Å². The highest BCUT2D eigenvalue weighted by atomic mass is 16.5. The fourth-order valence-corrected chi connectivity index (χ4v) is 1.41. The molecule has 4 nitrogen and oxygen atoms in total. The molecule has 0 aliphatic carbocycles. The van der Waals surface area contributed by atoms with Crippen molar-refractivity contribution in [1.82, 2.24) is 4.98 Å². The van der Waals surface area contributed by atoms with E-state index in [1.54, 1.807) is 13.0 Å². The van der Waals surface area contributed by atoms with Gasteiger partial charge in [-0.05, 0) is 31.4 Å². The van der Waals surface area contributed by atoms with Crippen LogP contribution in [0.25, 0.3) is 0 Å². The molecule has 0 saturated heterocycles. The van der Waals surface area contributed by atoms with Crippen molar-refractivity contribution in [2.45, 2.75) is 27.7 Å². The summed E-state index contributed by atoms with van der Waals surface area (Å²) in [5.74, 6) is -0.438. The predicted molar refractivity (Wildman–Crippen MR) is 61.0 cm³/mol. The number of carboxylic acids is 1. The van der Waals surface area contributed by atoms with Crippen LogP contribution in [-0.4, -0.2) is 22.7 Å². The molecule has 1 N–H and O–H groups in total. The maximum absolute atomic E-state index is 11.1. The zero-order valence-corrected chi connectivity index (χ0v) is 10.1. The monoisotopic (exact) mass is 223 g/mol. The van der Waals surface area contributed by atoms with Crippen LogP contribution in [-0.2, 0) is 0 Å². The number of aryl methyl sites for hydroxylation is 2. The molecule has 0 radical (unpaired) electrons. The van der Waals surface area contributed by atoms with Gasteiger partial charge >= 0.3 is 5.97 Å². The molecule has 16 heavy (non-hydrogen) atoms. The van der Waals surface area contributed by atoms with E-state index in [1.165, 1.54) is 0 Å². The van der Waals surface area contributed by atoms with E-state index in [0.29, 0.717) is 18.1 Å². The summed E-state index contributed by atoms with van der Waals surface area (Å²) in [5, 5.41) is 9.08. The fraction of sp³-hybridized carbons (Fsp3) is 0.500. The molecule has 1 rings (SSSR count). The number of ether oxygens (including phenoxy) is 1. The van der Waals surface area contributed by atoms with Crippen LogP contribution < -0.4 is 4.74 Å². The topological polar surface area (TPSA) is 59.4 Å². The molecular weight excluding hydrogens is 206 g/mol. The molecule has 4 heteroatoms. The van der Waals surface area contributed by atoms with Crippen molar-refractivity contribution in [3.05, 3.63) is 22.9 Å². The minimum Gasteiger partial charge on any atom is -0.477 e. The van der Waals surface area contributed by atoms with E-state index in [9.17, 15) is 4.79 Å².